The highest BCUT2D eigenvalue weighted by atomic mass is 16.5. The van der Waals surface area contributed by atoms with Crippen molar-refractivity contribution in [1.29, 1.82) is 0 Å². The Labute approximate surface area is 170 Å². The molecule has 0 heterocycles. The van der Waals surface area contributed by atoms with Gasteiger partial charge in [-0.1, -0.05) is 6.07 Å². The van der Waals surface area contributed by atoms with E-state index in [-0.39, 0.29) is 18.7 Å². The number of carbonyl (C=O) groups is 3. The number of ether oxygens (including phenoxy) is 2. The van der Waals surface area contributed by atoms with Gasteiger partial charge in [-0.05, 0) is 68.3 Å². The Morgan fingerprint density at radius 1 is 0.828 bits per heavy atom. The Hall–Kier alpha value is -3.35. The van der Waals surface area contributed by atoms with E-state index in [1.54, 1.807) is 30.3 Å². The molecule has 7 nitrogen and oxygen atoms in total. The highest BCUT2D eigenvalue weighted by molar-refractivity contribution is 5.94. The van der Waals surface area contributed by atoms with E-state index in [2.05, 4.69) is 10.6 Å². The zero-order chi connectivity index (χ0) is 21.2. The average Bonchev–Trinajstić information content (AvgIpc) is 2.69. The predicted octanol–water partition coefficient (Wildman–Crippen LogP) is 3.60. The van der Waals surface area contributed by atoms with Crippen LogP contribution >= 0.6 is 0 Å². The molecule has 2 aromatic rings. The van der Waals surface area contributed by atoms with E-state index in [9.17, 15) is 14.4 Å². The molecule has 0 fully saturated rings. The van der Waals surface area contributed by atoms with E-state index in [4.69, 9.17) is 9.47 Å². The van der Waals surface area contributed by atoms with E-state index >= 15 is 0 Å². The molecular formula is C22H26N2O5. The third-order valence-corrected chi connectivity index (χ3v) is 4.16. The minimum Gasteiger partial charge on any atom is -0.494 e. The molecule has 29 heavy (non-hydrogen) atoms. The Morgan fingerprint density at radius 2 is 1.48 bits per heavy atom. The molecule has 2 amide bonds. The summed E-state index contributed by atoms with van der Waals surface area (Å²) in [4.78, 5) is 35.6. The second-order valence-electron chi connectivity index (χ2n) is 6.51. The summed E-state index contributed by atoms with van der Waals surface area (Å²) in [6.07, 6.45) is -0.148. The molecule has 0 aliphatic rings. The van der Waals surface area contributed by atoms with Crippen LogP contribution in [0.2, 0.25) is 0 Å². The largest absolute Gasteiger partial charge is 0.494 e. The fourth-order valence-corrected chi connectivity index (χ4v) is 2.47. The van der Waals surface area contributed by atoms with Gasteiger partial charge in [-0.3, -0.25) is 14.4 Å². The topological polar surface area (TPSA) is 93.7 Å². The van der Waals surface area contributed by atoms with Crippen LogP contribution in [-0.4, -0.2) is 31.0 Å². The number of anilines is 2. The van der Waals surface area contributed by atoms with E-state index in [0.717, 1.165) is 11.1 Å². The molecule has 0 aliphatic carbocycles. The number of amides is 2. The standard InChI is InChI=1S/C22H26N2O5/c1-4-28-19-9-7-17(8-10-19)23-20(25)11-12-22(27)29-14-21(26)24-18-6-5-15(2)16(3)13-18/h5-10,13H,4,11-12,14H2,1-3H3,(H,23,25)(H,24,26). The number of rotatable bonds is 9. The van der Waals surface area contributed by atoms with Gasteiger partial charge in [0, 0.05) is 17.8 Å². The molecule has 154 valence electrons. The maximum Gasteiger partial charge on any atom is 0.306 e. The second kappa shape index (κ2) is 10.8. The summed E-state index contributed by atoms with van der Waals surface area (Å²) in [5, 5.41) is 5.36. The van der Waals surface area contributed by atoms with Crippen LogP contribution in [0.3, 0.4) is 0 Å². The molecule has 2 aromatic carbocycles. The molecule has 2 N–H and O–H groups in total. The fraction of sp³-hybridized carbons (Fsp3) is 0.318. The van der Waals surface area contributed by atoms with Crippen LogP contribution in [0.5, 0.6) is 5.75 Å². The third-order valence-electron chi connectivity index (χ3n) is 4.16. The minimum absolute atomic E-state index is 0.0369. The van der Waals surface area contributed by atoms with Crippen LogP contribution in [0, 0.1) is 13.8 Å². The van der Waals surface area contributed by atoms with Crippen LogP contribution in [0.15, 0.2) is 42.5 Å². The summed E-state index contributed by atoms with van der Waals surface area (Å²) < 4.78 is 10.3. The van der Waals surface area contributed by atoms with Crippen LogP contribution in [0.1, 0.15) is 30.9 Å². The van der Waals surface area contributed by atoms with Crippen molar-refractivity contribution >= 4 is 29.2 Å². The fourth-order valence-electron chi connectivity index (χ4n) is 2.47. The first-order chi connectivity index (χ1) is 13.9. The van der Waals surface area contributed by atoms with E-state index < -0.39 is 18.5 Å². The molecule has 2 rings (SSSR count). The number of nitrogens with one attached hydrogen (secondary N) is 2. The van der Waals surface area contributed by atoms with Crippen LogP contribution in [-0.2, 0) is 19.1 Å². The summed E-state index contributed by atoms with van der Waals surface area (Å²) >= 11 is 0. The SMILES string of the molecule is CCOc1ccc(NC(=O)CCC(=O)OCC(=O)Nc2ccc(C)c(C)c2)cc1. The molecule has 0 aliphatic heterocycles. The van der Waals surface area contributed by atoms with E-state index in [0.29, 0.717) is 23.7 Å². The summed E-state index contributed by atoms with van der Waals surface area (Å²) in [7, 11) is 0. The molecule has 7 heteroatoms. The van der Waals surface area contributed by atoms with Crippen molar-refractivity contribution in [2.75, 3.05) is 23.8 Å². The van der Waals surface area contributed by atoms with Crippen LogP contribution < -0.4 is 15.4 Å². The smallest absolute Gasteiger partial charge is 0.306 e. The average molecular weight is 398 g/mol. The zero-order valence-electron chi connectivity index (χ0n) is 16.9. The van der Waals surface area contributed by atoms with Gasteiger partial charge in [0.1, 0.15) is 5.75 Å². The molecule has 0 unspecified atom stereocenters. The van der Waals surface area contributed by atoms with Gasteiger partial charge in [0.25, 0.3) is 5.91 Å². The number of hydrogen-bond acceptors (Lipinski definition) is 5. The van der Waals surface area contributed by atoms with Crippen LogP contribution in [0.4, 0.5) is 11.4 Å². The van der Waals surface area contributed by atoms with Gasteiger partial charge >= 0.3 is 5.97 Å². The Bertz CT molecular complexity index is 862. The van der Waals surface area contributed by atoms with Crippen molar-refractivity contribution < 1.29 is 23.9 Å². The van der Waals surface area contributed by atoms with Crippen molar-refractivity contribution in [3.05, 3.63) is 53.6 Å². The number of carbonyl (C=O) groups excluding carboxylic acids is 3. The summed E-state index contributed by atoms with van der Waals surface area (Å²) in [6.45, 7) is 5.99. The number of esters is 1. The number of benzene rings is 2. The molecule has 0 spiro atoms. The Kier molecular flexibility index (Phi) is 8.21. The van der Waals surface area contributed by atoms with Crippen molar-refractivity contribution in [2.24, 2.45) is 0 Å². The van der Waals surface area contributed by atoms with Crippen molar-refractivity contribution in [1.82, 2.24) is 0 Å². The second-order valence-corrected chi connectivity index (χ2v) is 6.51. The highest BCUT2D eigenvalue weighted by Gasteiger charge is 2.11. The van der Waals surface area contributed by atoms with Crippen molar-refractivity contribution in [2.45, 2.75) is 33.6 Å². The van der Waals surface area contributed by atoms with Gasteiger partial charge < -0.3 is 20.1 Å². The molecule has 0 bridgehead atoms. The lowest BCUT2D eigenvalue weighted by atomic mass is 10.1. The lowest BCUT2D eigenvalue weighted by Gasteiger charge is -2.09. The van der Waals surface area contributed by atoms with Crippen molar-refractivity contribution in [3.8, 4) is 5.75 Å². The summed E-state index contributed by atoms with van der Waals surface area (Å²) in [5.41, 5.74) is 3.43. The molecule has 0 saturated heterocycles. The predicted molar refractivity (Wildman–Crippen MR) is 111 cm³/mol. The minimum atomic E-state index is -0.609. The van der Waals surface area contributed by atoms with Gasteiger partial charge in [-0.2, -0.15) is 0 Å². The first-order valence-electron chi connectivity index (χ1n) is 9.43. The number of hydrogen-bond donors (Lipinski definition) is 2. The Balaban J connectivity index is 1.68. The van der Waals surface area contributed by atoms with E-state index in [1.807, 2.05) is 32.9 Å². The van der Waals surface area contributed by atoms with E-state index in [1.165, 1.54) is 0 Å². The zero-order valence-corrected chi connectivity index (χ0v) is 16.9. The molecule has 0 aromatic heterocycles. The maximum atomic E-state index is 11.9. The normalized spacial score (nSPS) is 10.2. The van der Waals surface area contributed by atoms with Crippen molar-refractivity contribution in [3.63, 3.8) is 0 Å². The van der Waals surface area contributed by atoms with Crippen LogP contribution in [0.25, 0.3) is 0 Å². The lowest BCUT2D eigenvalue weighted by molar-refractivity contribution is -0.147. The first kappa shape index (κ1) is 21.9. The van der Waals surface area contributed by atoms with Gasteiger partial charge in [-0.25, -0.2) is 0 Å². The molecular weight excluding hydrogens is 372 g/mol. The quantitative estimate of drug-likeness (QED) is 0.630. The van der Waals surface area contributed by atoms with Gasteiger partial charge in [0.2, 0.25) is 5.91 Å². The molecule has 0 radical (unpaired) electrons. The highest BCUT2D eigenvalue weighted by Crippen LogP contribution is 2.16. The Morgan fingerprint density at radius 3 is 2.14 bits per heavy atom. The maximum absolute atomic E-state index is 11.9. The first-order valence-corrected chi connectivity index (χ1v) is 9.43. The number of aryl methyl sites for hydroxylation is 2. The summed E-state index contributed by atoms with van der Waals surface area (Å²) in [5.74, 6) is -0.638. The monoisotopic (exact) mass is 398 g/mol. The molecule has 0 saturated carbocycles. The summed E-state index contributed by atoms with van der Waals surface area (Å²) in [6, 6.07) is 12.5. The molecule has 0 atom stereocenters. The third kappa shape index (κ3) is 7.65. The van der Waals surface area contributed by atoms with Gasteiger partial charge in [-0.15, -0.1) is 0 Å². The van der Waals surface area contributed by atoms with Gasteiger partial charge in [0.15, 0.2) is 6.61 Å². The van der Waals surface area contributed by atoms with Gasteiger partial charge in [0.05, 0.1) is 13.0 Å². The lowest BCUT2D eigenvalue weighted by Crippen LogP contribution is -2.21.